The highest BCUT2D eigenvalue weighted by molar-refractivity contribution is 7.20. The number of fused-ring (bicyclic) bond motifs is 1. The number of halogens is 2. The lowest BCUT2D eigenvalue weighted by Gasteiger charge is -2.20. The molecule has 1 aliphatic rings. The average Bonchev–Trinajstić information content (AvgIpc) is 2.78. The van der Waals surface area contributed by atoms with Crippen molar-refractivity contribution in [1.29, 1.82) is 0 Å². The number of carbonyl (C=O) groups excluding carboxylic acids is 1. The predicted octanol–water partition coefficient (Wildman–Crippen LogP) is 5.11. The fourth-order valence-electron chi connectivity index (χ4n) is 2.45. The summed E-state index contributed by atoms with van der Waals surface area (Å²) in [6.07, 6.45) is 1.31. The van der Waals surface area contributed by atoms with Gasteiger partial charge in [0.25, 0.3) is 0 Å². The first-order valence-corrected chi connectivity index (χ1v) is 8.24. The maximum atomic E-state index is 11.4. The molecule has 3 rings (SSSR count). The Bertz CT molecular complexity index is 699. The molecule has 110 valence electrons. The van der Waals surface area contributed by atoms with Gasteiger partial charge < -0.3 is 10.6 Å². The van der Waals surface area contributed by atoms with Crippen molar-refractivity contribution in [2.75, 3.05) is 10.6 Å². The second-order valence-electron chi connectivity index (χ2n) is 5.07. The van der Waals surface area contributed by atoms with E-state index in [2.05, 4.69) is 16.7 Å². The van der Waals surface area contributed by atoms with E-state index in [1.807, 2.05) is 25.1 Å². The number of hydrogen-bond acceptors (Lipinski definition) is 3. The predicted molar refractivity (Wildman–Crippen MR) is 89.8 cm³/mol. The second kappa shape index (κ2) is 5.87. The van der Waals surface area contributed by atoms with Gasteiger partial charge in [-0.05, 0) is 43.2 Å². The van der Waals surface area contributed by atoms with Gasteiger partial charge in [-0.1, -0.05) is 23.2 Å². The van der Waals surface area contributed by atoms with E-state index in [4.69, 9.17) is 23.2 Å². The minimum Gasteiger partial charge on any atom is -0.378 e. The molecule has 0 fully saturated rings. The molecule has 1 unspecified atom stereocenters. The maximum absolute atomic E-state index is 11.4. The molecule has 2 heterocycles. The van der Waals surface area contributed by atoms with Gasteiger partial charge in [-0.25, -0.2) is 0 Å². The molecule has 0 radical (unpaired) electrons. The van der Waals surface area contributed by atoms with E-state index < -0.39 is 0 Å². The molecule has 1 amide bonds. The standard InChI is InChI=1S/C15H14Cl2N2OS/c1-8(11-7-13(16)21-15(11)17)18-10-3-4-12-9(6-10)2-5-14(20)19-12/h3-4,6-8,18H,2,5H2,1H3,(H,19,20). The van der Waals surface area contributed by atoms with Crippen molar-refractivity contribution < 1.29 is 4.79 Å². The highest BCUT2D eigenvalue weighted by atomic mass is 35.5. The quantitative estimate of drug-likeness (QED) is 0.814. The molecule has 1 aromatic heterocycles. The molecular weight excluding hydrogens is 327 g/mol. The number of nitrogens with one attached hydrogen (secondary N) is 2. The number of anilines is 2. The summed E-state index contributed by atoms with van der Waals surface area (Å²) >= 11 is 13.5. The molecule has 0 spiro atoms. The van der Waals surface area contributed by atoms with Crippen LogP contribution >= 0.6 is 34.5 Å². The van der Waals surface area contributed by atoms with Crippen molar-refractivity contribution >= 4 is 51.8 Å². The maximum Gasteiger partial charge on any atom is 0.224 e. The van der Waals surface area contributed by atoms with Crippen LogP contribution in [0.1, 0.15) is 30.5 Å². The SMILES string of the molecule is CC(Nc1ccc2c(c1)CCC(=O)N2)c1cc(Cl)sc1Cl. The largest absolute Gasteiger partial charge is 0.378 e. The van der Waals surface area contributed by atoms with Gasteiger partial charge in [0.2, 0.25) is 5.91 Å². The Kier molecular flexibility index (Phi) is 4.11. The van der Waals surface area contributed by atoms with Crippen LogP contribution in [-0.2, 0) is 11.2 Å². The van der Waals surface area contributed by atoms with E-state index >= 15 is 0 Å². The fraction of sp³-hybridized carbons (Fsp3) is 0.267. The van der Waals surface area contributed by atoms with E-state index in [0.717, 1.165) is 28.9 Å². The van der Waals surface area contributed by atoms with E-state index in [0.29, 0.717) is 15.1 Å². The third-order valence-electron chi connectivity index (χ3n) is 3.53. The summed E-state index contributed by atoms with van der Waals surface area (Å²) in [7, 11) is 0. The van der Waals surface area contributed by atoms with Crippen molar-refractivity contribution in [1.82, 2.24) is 0 Å². The first-order valence-electron chi connectivity index (χ1n) is 6.67. The topological polar surface area (TPSA) is 41.1 Å². The van der Waals surface area contributed by atoms with Crippen molar-refractivity contribution in [3.05, 3.63) is 44.1 Å². The molecule has 0 saturated carbocycles. The zero-order valence-electron chi connectivity index (χ0n) is 11.4. The summed E-state index contributed by atoms with van der Waals surface area (Å²) in [5.41, 5.74) is 4.07. The molecule has 0 bridgehead atoms. The van der Waals surface area contributed by atoms with Crippen molar-refractivity contribution in [2.24, 2.45) is 0 Å². The van der Waals surface area contributed by atoms with E-state index in [1.165, 1.54) is 11.3 Å². The molecule has 2 aromatic rings. The van der Waals surface area contributed by atoms with Crippen molar-refractivity contribution in [3.8, 4) is 0 Å². The van der Waals surface area contributed by atoms with Gasteiger partial charge in [-0.2, -0.15) is 0 Å². The fourth-order valence-corrected chi connectivity index (χ4v) is 4.09. The van der Waals surface area contributed by atoms with Gasteiger partial charge in [-0.15, -0.1) is 11.3 Å². The number of carbonyl (C=O) groups is 1. The summed E-state index contributed by atoms with van der Waals surface area (Å²) in [5.74, 6) is 0.0799. The van der Waals surface area contributed by atoms with Crippen LogP contribution < -0.4 is 10.6 Å². The van der Waals surface area contributed by atoms with Gasteiger partial charge in [0.15, 0.2) is 0 Å². The van der Waals surface area contributed by atoms with Crippen LogP contribution in [-0.4, -0.2) is 5.91 Å². The van der Waals surface area contributed by atoms with Gasteiger partial charge >= 0.3 is 0 Å². The van der Waals surface area contributed by atoms with Crippen LogP contribution in [0, 0.1) is 0 Å². The highest BCUT2D eigenvalue weighted by Gasteiger charge is 2.17. The summed E-state index contributed by atoms with van der Waals surface area (Å²) in [6.45, 7) is 2.05. The first kappa shape index (κ1) is 14.7. The van der Waals surface area contributed by atoms with E-state index in [9.17, 15) is 4.79 Å². The zero-order chi connectivity index (χ0) is 15.0. The number of benzene rings is 1. The third kappa shape index (κ3) is 3.18. The van der Waals surface area contributed by atoms with Crippen LogP contribution in [0.4, 0.5) is 11.4 Å². The average molecular weight is 341 g/mol. The lowest BCUT2D eigenvalue weighted by atomic mass is 10.0. The summed E-state index contributed by atoms with van der Waals surface area (Å²) in [6, 6.07) is 7.93. The second-order valence-corrected chi connectivity index (χ2v) is 7.35. The molecule has 0 aliphatic carbocycles. The Labute approximate surface area is 137 Å². The molecule has 1 atom stereocenters. The lowest BCUT2D eigenvalue weighted by Crippen LogP contribution is -2.19. The number of rotatable bonds is 3. The molecule has 21 heavy (non-hydrogen) atoms. The number of thiophene rings is 1. The summed E-state index contributed by atoms with van der Waals surface area (Å²) in [4.78, 5) is 11.4. The molecule has 2 N–H and O–H groups in total. The summed E-state index contributed by atoms with van der Waals surface area (Å²) < 4.78 is 1.40. The highest BCUT2D eigenvalue weighted by Crippen LogP contribution is 2.36. The van der Waals surface area contributed by atoms with Crippen LogP contribution in [0.3, 0.4) is 0 Å². The Morgan fingerprint density at radius 2 is 2.10 bits per heavy atom. The Morgan fingerprint density at radius 3 is 2.81 bits per heavy atom. The van der Waals surface area contributed by atoms with Crippen LogP contribution in [0.2, 0.25) is 8.67 Å². The summed E-state index contributed by atoms with van der Waals surface area (Å²) in [5, 5.41) is 6.31. The third-order valence-corrected chi connectivity index (χ3v) is 5.05. The van der Waals surface area contributed by atoms with Crippen molar-refractivity contribution in [2.45, 2.75) is 25.8 Å². The van der Waals surface area contributed by atoms with Gasteiger partial charge in [0.1, 0.15) is 0 Å². The Morgan fingerprint density at radius 1 is 1.29 bits per heavy atom. The molecule has 1 aromatic carbocycles. The lowest BCUT2D eigenvalue weighted by molar-refractivity contribution is -0.116. The van der Waals surface area contributed by atoms with Gasteiger partial charge in [-0.3, -0.25) is 4.79 Å². The molecule has 6 heteroatoms. The van der Waals surface area contributed by atoms with E-state index in [1.54, 1.807) is 0 Å². The van der Waals surface area contributed by atoms with Gasteiger partial charge in [0.05, 0.1) is 14.7 Å². The number of amides is 1. The number of aryl methyl sites for hydroxylation is 1. The Balaban J connectivity index is 1.79. The molecule has 3 nitrogen and oxygen atoms in total. The zero-order valence-corrected chi connectivity index (χ0v) is 13.7. The van der Waals surface area contributed by atoms with Crippen LogP contribution in [0.15, 0.2) is 24.3 Å². The van der Waals surface area contributed by atoms with E-state index in [-0.39, 0.29) is 11.9 Å². The monoisotopic (exact) mass is 340 g/mol. The Hall–Kier alpha value is -1.23. The van der Waals surface area contributed by atoms with Crippen molar-refractivity contribution in [3.63, 3.8) is 0 Å². The van der Waals surface area contributed by atoms with Crippen LogP contribution in [0.25, 0.3) is 0 Å². The normalized spacial score (nSPS) is 15.3. The van der Waals surface area contributed by atoms with Crippen LogP contribution in [0.5, 0.6) is 0 Å². The molecular formula is C15H14Cl2N2OS. The van der Waals surface area contributed by atoms with Gasteiger partial charge in [0, 0.05) is 23.4 Å². The number of hydrogen-bond donors (Lipinski definition) is 2. The smallest absolute Gasteiger partial charge is 0.224 e. The first-order chi connectivity index (χ1) is 10.0. The minimum atomic E-state index is 0.0671. The molecule has 0 saturated heterocycles. The minimum absolute atomic E-state index is 0.0671. The molecule has 1 aliphatic heterocycles.